The monoisotopic (exact) mass is 258 g/mol. The Morgan fingerprint density at radius 1 is 1.37 bits per heavy atom. The molecule has 1 aromatic rings. The van der Waals surface area contributed by atoms with Gasteiger partial charge in [0.15, 0.2) is 0 Å². The van der Waals surface area contributed by atoms with Crippen LogP contribution in [0.5, 0.6) is 0 Å². The van der Waals surface area contributed by atoms with Crippen molar-refractivity contribution < 1.29 is 4.79 Å². The van der Waals surface area contributed by atoms with Crippen molar-refractivity contribution >= 4 is 17.5 Å². The molecule has 5 heteroatoms. The molecule has 1 saturated carbocycles. The molecule has 3 heterocycles. The highest BCUT2D eigenvalue weighted by molar-refractivity contribution is 5.94. The van der Waals surface area contributed by atoms with Crippen molar-refractivity contribution in [2.24, 2.45) is 5.92 Å². The van der Waals surface area contributed by atoms with E-state index in [2.05, 4.69) is 27.1 Å². The summed E-state index contributed by atoms with van der Waals surface area (Å²) < 4.78 is 0. The van der Waals surface area contributed by atoms with Gasteiger partial charge in [-0.25, -0.2) is 9.97 Å². The molecule has 4 rings (SSSR count). The Balaban J connectivity index is 1.77. The molecule has 19 heavy (non-hydrogen) atoms. The van der Waals surface area contributed by atoms with Crippen LogP contribution in [0.25, 0.3) is 0 Å². The highest BCUT2D eigenvalue weighted by Gasteiger charge is 2.40. The highest BCUT2D eigenvalue weighted by Crippen LogP contribution is 2.44. The Labute approximate surface area is 112 Å². The van der Waals surface area contributed by atoms with Crippen LogP contribution < -0.4 is 10.2 Å². The molecule has 100 valence electrons. The molecule has 5 nitrogen and oxygen atoms in total. The molecule has 1 aliphatic carbocycles. The number of fused-ring (bicyclic) bond motifs is 3. The van der Waals surface area contributed by atoms with E-state index in [-0.39, 0.29) is 11.8 Å². The summed E-state index contributed by atoms with van der Waals surface area (Å²) in [6.45, 7) is 3.22. The lowest BCUT2D eigenvalue weighted by molar-refractivity contribution is -0.116. The number of carbonyl (C=O) groups is 1. The lowest BCUT2D eigenvalue weighted by Gasteiger charge is -2.33. The Morgan fingerprint density at radius 3 is 3.00 bits per heavy atom. The summed E-state index contributed by atoms with van der Waals surface area (Å²) in [6.07, 6.45) is 6.07. The van der Waals surface area contributed by atoms with E-state index in [0.717, 1.165) is 29.7 Å². The van der Waals surface area contributed by atoms with E-state index in [4.69, 9.17) is 0 Å². The van der Waals surface area contributed by atoms with Crippen molar-refractivity contribution in [1.82, 2.24) is 9.97 Å². The molecule has 1 saturated heterocycles. The van der Waals surface area contributed by atoms with Crippen LogP contribution in [0.15, 0.2) is 6.33 Å². The number of aromatic nitrogens is 2. The van der Waals surface area contributed by atoms with E-state index in [0.29, 0.717) is 12.5 Å². The van der Waals surface area contributed by atoms with Crippen LogP contribution in [0, 0.1) is 5.92 Å². The van der Waals surface area contributed by atoms with Crippen LogP contribution in [-0.4, -0.2) is 28.5 Å². The topological polar surface area (TPSA) is 58.1 Å². The van der Waals surface area contributed by atoms with E-state index in [9.17, 15) is 4.79 Å². The average molecular weight is 258 g/mol. The molecule has 1 N–H and O–H groups in total. The molecule has 3 atom stereocenters. The summed E-state index contributed by atoms with van der Waals surface area (Å²) in [7, 11) is 0. The van der Waals surface area contributed by atoms with Crippen LogP contribution in [-0.2, 0) is 4.79 Å². The Bertz CT molecular complexity index is 544. The van der Waals surface area contributed by atoms with E-state index < -0.39 is 0 Å². The Hall–Kier alpha value is -1.65. The zero-order valence-corrected chi connectivity index (χ0v) is 11.1. The zero-order chi connectivity index (χ0) is 13.0. The SMILES string of the molecule is C[C@@H]1CC(=O)Nc2ncnc(N3CC4CCC3C4)c21. The first kappa shape index (κ1) is 11.2. The minimum Gasteiger partial charge on any atom is -0.353 e. The van der Waals surface area contributed by atoms with Gasteiger partial charge in [0.25, 0.3) is 0 Å². The van der Waals surface area contributed by atoms with Gasteiger partial charge in [-0.1, -0.05) is 6.92 Å². The summed E-state index contributed by atoms with van der Waals surface area (Å²) in [6, 6.07) is 0.647. The second-order valence-electron chi connectivity index (χ2n) is 6.10. The summed E-state index contributed by atoms with van der Waals surface area (Å²) in [4.78, 5) is 22.8. The molecule has 2 fully saturated rings. The van der Waals surface area contributed by atoms with Gasteiger partial charge >= 0.3 is 0 Å². The van der Waals surface area contributed by atoms with Crippen LogP contribution in [0.4, 0.5) is 11.6 Å². The maximum atomic E-state index is 11.6. The van der Waals surface area contributed by atoms with Gasteiger partial charge in [0.2, 0.25) is 5.91 Å². The van der Waals surface area contributed by atoms with Gasteiger partial charge in [0.1, 0.15) is 18.0 Å². The van der Waals surface area contributed by atoms with Gasteiger partial charge < -0.3 is 10.2 Å². The first-order valence-electron chi connectivity index (χ1n) is 7.13. The van der Waals surface area contributed by atoms with Gasteiger partial charge in [-0.05, 0) is 31.1 Å². The average Bonchev–Trinajstić information content (AvgIpc) is 2.99. The molecule has 0 radical (unpaired) electrons. The first-order chi connectivity index (χ1) is 9.22. The number of nitrogens with one attached hydrogen (secondary N) is 1. The third-order valence-corrected chi connectivity index (χ3v) is 4.79. The number of nitrogens with zero attached hydrogens (tertiary/aromatic N) is 3. The lowest BCUT2D eigenvalue weighted by atomic mass is 9.94. The highest BCUT2D eigenvalue weighted by atomic mass is 16.1. The third-order valence-electron chi connectivity index (χ3n) is 4.79. The number of hydrogen-bond donors (Lipinski definition) is 1. The predicted octanol–water partition coefficient (Wildman–Crippen LogP) is 1.91. The summed E-state index contributed by atoms with van der Waals surface area (Å²) in [5.74, 6) is 2.89. The quantitative estimate of drug-likeness (QED) is 0.836. The lowest BCUT2D eigenvalue weighted by Crippen LogP contribution is -2.35. The molecule has 2 bridgehead atoms. The third kappa shape index (κ3) is 1.64. The fourth-order valence-electron chi connectivity index (χ4n) is 3.92. The molecule has 2 aliphatic heterocycles. The first-order valence-corrected chi connectivity index (χ1v) is 7.13. The fourth-order valence-corrected chi connectivity index (χ4v) is 3.92. The number of rotatable bonds is 1. The van der Waals surface area contributed by atoms with Crippen molar-refractivity contribution in [3.63, 3.8) is 0 Å². The molecule has 1 amide bonds. The molecule has 1 aromatic heterocycles. The number of hydrogen-bond acceptors (Lipinski definition) is 4. The van der Waals surface area contributed by atoms with Crippen LogP contribution in [0.2, 0.25) is 0 Å². The molecule has 2 unspecified atom stereocenters. The minimum absolute atomic E-state index is 0.0626. The van der Waals surface area contributed by atoms with Crippen molar-refractivity contribution in [2.45, 2.75) is 44.6 Å². The predicted molar refractivity (Wildman–Crippen MR) is 72.2 cm³/mol. The van der Waals surface area contributed by atoms with Gasteiger partial charge in [-0.2, -0.15) is 0 Å². The van der Waals surface area contributed by atoms with E-state index in [1.54, 1.807) is 6.33 Å². The number of amides is 1. The smallest absolute Gasteiger partial charge is 0.226 e. The van der Waals surface area contributed by atoms with Crippen LogP contribution in [0.1, 0.15) is 44.1 Å². The molecule has 0 aromatic carbocycles. The second-order valence-corrected chi connectivity index (χ2v) is 6.10. The maximum absolute atomic E-state index is 11.6. The Morgan fingerprint density at radius 2 is 2.26 bits per heavy atom. The largest absolute Gasteiger partial charge is 0.353 e. The number of piperidine rings is 1. The fraction of sp³-hybridized carbons (Fsp3) is 0.643. The number of carbonyl (C=O) groups excluding carboxylic acids is 1. The standard InChI is InChI=1S/C14H18N4O/c1-8-4-11(19)17-13-12(8)14(16-7-15-13)18-6-9-2-3-10(18)5-9/h7-10H,2-6H2,1H3,(H,15,16,17,19)/t8-,9?,10?/m1/s1. The zero-order valence-electron chi connectivity index (χ0n) is 11.1. The van der Waals surface area contributed by atoms with E-state index in [1.807, 2.05) is 0 Å². The van der Waals surface area contributed by atoms with Gasteiger partial charge in [-0.3, -0.25) is 4.79 Å². The Kier molecular flexibility index (Phi) is 2.31. The van der Waals surface area contributed by atoms with Crippen molar-refractivity contribution in [2.75, 3.05) is 16.8 Å². The minimum atomic E-state index is 0.0626. The summed E-state index contributed by atoms with van der Waals surface area (Å²) in [5.41, 5.74) is 1.13. The normalized spacial score (nSPS) is 32.4. The van der Waals surface area contributed by atoms with E-state index in [1.165, 1.54) is 19.3 Å². The van der Waals surface area contributed by atoms with Gasteiger partial charge in [-0.15, -0.1) is 0 Å². The number of anilines is 2. The van der Waals surface area contributed by atoms with Crippen molar-refractivity contribution in [3.8, 4) is 0 Å². The molecular formula is C14H18N4O. The second kappa shape index (κ2) is 3.92. The summed E-state index contributed by atoms with van der Waals surface area (Å²) >= 11 is 0. The molecule has 3 aliphatic rings. The van der Waals surface area contributed by atoms with Crippen LogP contribution >= 0.6 is 0 Å². The summed E-state index contributed by atoms with van der Waals surface area (Å²) in [5, 5.41) is 2.88. The van der Waals surface area contributed by atoms with Crippen molar-refractivity contribution in [1.29, 1.82) is 0 Å². The van der Waals surface area contributed by atoms with Gasteiger partial charge in [0, 0.05) is 24.6 Å². The maximum Gasteiger partial charge on any atom is 0.226 e. The molecular weight excluding hydrogens is 240 g/mol. The van der Waals surface area contributed by atoms with E-state index >= 15 is 0 Å². The van der Waals surface area contributed by atoms with Crippen molar-refractivity contribution in [3.05, 3.63) is 11.9 Å². The van der Waals surface area contributed by atoms with Crippen LogP contribution in [0.3, 0.4) is 0 Å². The van der Waals surface area contributed by atoms with Gasteiger partial charge in [0.05, 0.1) is 0 Å². The molecule has 0 spiro atoms.